The summed E-state index contributed by atoms with van der Waals surface area (Å²) in [6.07, 6.45) is 5.88. The van der Waals surface area contributed by atoms with E-state index in [0.29, 0.717) is 12.6 Å². The van der Waals surface area contributed by atoms with Gasteiger partial charge in [0, 0.05) is 35.6 Å². The molecule has 1 aromatic heterocycles. The zero-order valence-electron chi connectivity index (χ0n) is 14.1. The molecular formula is C19H27N3O. The molecule has 3 N–H and O–H groups in total. The summed E-state index contributed by atoms with van der Waals surface area (Å²) in [6, 6.07) is 6.90. The highest BCUT2D eigenvalue weighted by Crippen LogP contribution is 2.22. The second-order valence-electron chi connectivity index (χ2n) is 6.62. The van der Waals surface area contributed by atoms with Gasteiger partial charge in [0.05, 0.1) is 0 Å². The molecule has 1 aliphatic heterocycles. The summed E-state index contributed by atoms with van der Waals surface area (Å²) in [5.41, 5.74) is 3.87. The van der Waals surface area contributed by atoms with E-state index in [-0.39, 0.29) is 11.8 Å². The molecule has 4 nitrogen and oxygen atoms in total. The third kappa shape index (κ3) is 3.58. The van der Waals surface area contributed by atoms with Gasteiger partial charge >= 0.3 is 0 Å². The van der Waals surface area contributed by atoms with Gasteiger partial charge in [-0.1, -0.05) is 25.1 Å². The number of aryl methyl sites for hydroxylation is 1. The minimum Gasteiger partial charge on any atom is -0.361 e. The van der Waals surface area contributed by atoms with Crippen LogP contribution in [-0.4, -0.2) is 30.0 Å². The number of para-hydroxylation sites is 1. The van der Waals surface area contributed by atoms with E-state index in [4.69, 9.17) is 0 Å². The largest absolute Gasteiger partial charge is 0.361 e. The van der Waals surface area contributed by atoms with Crippen LogP contribution >= 0.6 is 0 Å². The van der Waals surface area contributed by atoms with Crippen molar-refractivity contribution in [3.05, 3.63) is 35.5 Å². The van der Waals surface area contributed by atoms with Gasteiger partial charge in [0.1, 0.15) is 0 Å². The first-order chi connectivity index (χ1) is 11.2. The first-order valence-corrected chi connectivity index (χ1v) is 8.78. The van der Waals surface area contributed by atoms with Gasteiger partial charge in [-0.15, -0.1) is 0 Å². The lowest BCUT2D eigenvalue weighted by atomic mass is 9.92. The second kappa shape index (κ2) is 7.18. The van der Waals surface area contributed by atoms with Gasteiger partial charge in [0.15, 0.2) is 0 Å². The third-order valence-electron chi connectivity index (χ3n) is 4.96. The average Bonchev–Trinajstić information content (AvgIpc) is 2.98. The maximum absolute atomic E-state index is 12.3. The van der Waals surface area contributed by atoms with Crippen LogP contribution in [0.4, 0.5) is 0 Å². The van der Waals surface area contributed by atoms with Crippen LogP contribution in [0.3, 0.4) is 0 Å². The van der Waals surface area contributed by atoms with Crippen LogP contribution in [0.25, 0.3) is 10.9 Å². The summed E-state index contributed by atoms with van der Waals surface area (Å²) in [4.78, 5) is 15.7. The Balaban J connectivity index is 1.57. The number of fused-ring (bicyclic) bond motifs is 1. The van der Waals surface area contributed by atoms with E-state index in [9.17, 15) is 4.79 Å². The number of carbonyl (C=O) groups excluding carboxylic acids is 1. The summed E-state index contributed by atoms with van der Waals surface area (Å²) in [5.74, 6) is 0.383. The quantitative estimate of drug-likeness (QED) is 0.795. The molecule has 23 heavy (non-hydrogen) atoms. The first kappa shape index (κ1) is 16.1. The number of nitrogens with one attached hydrogen (secondary N) is 3. The first-order valence-electron chi connectivity index (χ1n) is 8.78. The number of hydrogen-bond acceptors (Lipinski definition) is 2. The average molecular weight is 313 g/mol. The number of H-pyrrole nitrogens is 1. The lowest BCUT2D eigenvalue weighted by Gasteiger charge is -2.27. The normalized spacial score (nSPS) is 21.5. The molecule has 1 fully saturated rings. The van der Waals surface area contributed by atoms with Crippen molar-refractivity contribution in [3.8, 4) is 0 Å². The van der Waals surface area contributed by atoms with E-state index >= 15 is 0 Å². The fraction of sp³-hybridized carbons (Fsp3) is 0.526. The molecule has 0 unspecified atom stereocenters. The highest BCUT2D eigenvalue weighted by molar-refractivity contribution is 5.86. The zero-order valence-corrected chi connectivity index (χ0v) is 14.1. The molecule has 0 aliphatic carbocycles. The molecule has 0 spiro atoms. The SMILES string of the molecule is CCc1cccc2c(CCNC(=O)[C@H]3CCN[C@@H](C)C3)c[nH]c12. The summed E-state index contributed by atoms with van der Waals surface area (Å²) in [5, 5.41) is 7.80. The van der Waals surface area contributed by atoms with Crippen LogP contribution < -0.4 is 10.6 Å². The summed E-state index contributed by atoms with van der Waals surface area (Å²) < 4.78 is 0. The van der Waals surface area contributed by atoms with Crippen LogP contribution in [0.15, 0.2) is 24.4 Å². The second-order valence-corrected chi connectivity index (χ2v) is 6.62. The molecule has 124 valence electrons. The number of hydrogen-bond donors (Lipinski definition) is 3. The van der Waals surface area contributed by atoms with Crippen LogP contribution in [0, 0.1) is 5.92 Å². The van der Waals surface area contributed by atoms with Crippen molar-refractivity contribution in [2.45, 2.75) is 45.6 Å². The number of amides is 1. The van der Waals surface area contributed by atoms with Crippen LogP contribution in [0.5, 0.6) is 0 Å². The predicted molar refractivity (Wildman–Crippen MR) is 94.6 cm³/mol. The monoisotopic (exact) mass is 313 g/mol. The number of piperidine rings is 1. The predicted octanol–water partition coefficient (Wildman–Crippen LogP) is 2.78. The van der Waals surface area contributed by atoms with Crippen molar-refractivity contribution in [2.75, 3.05) is 13.1 Å². The third-order valence-corrected chi connectivity index (χ3v) is 4.96. The Morgan fingerprint density at radius 1 is 1.35 bits per heavy atom. The van der Waals surface area contributed by atoms with Crippen LogP contribution in [-0.2, 0) is 17.6 Å². The van der Waals surface area contributed by atoms with E-state index in [1.54, 1.807) is 0 Å². The number of rotatable bonds is 5. The Morgan fingerprint density at radius 3 is 3.00 bits per heavy atom. The molecule has 2 aromatic rings. The number of aromatic amines is 1. The lowest BCUT2D eigenvalue weighted by molar-refractivity contribution is -0.126. The highest BCUT2D eigenvalue weighted by atomic mass is 16.1. The summed E-state index contributed by atoms with van der Waals surface area (Å²) in [7, 11) is 0. The highest BCUT2D eigenvalue weighted by Gasteiger charge is 2.24. The van der Waals surface area contributed by atoms with Crippen LogP contribution in [0.2, 0.25) is 0 Å². The number of aromatic nitrogens is 1. The molecule has 0 saturated carbocycles. The molecular weight excluding hydrogens is 286 g/mol. The molecule has 1 saturated heterocycles. The fourth-order valence-corrected chi connectivity index (χ4v) is 3.61. The molecule has 0 bridgehead atoms. The maximum Gasteiger partial charge on any atom is 0.223 e. The van der Waals surface area contributed by atoms with Gasteiger partial charge in [0.2, 0.25) is 5.91 Å². The van der Waals surface area contributed by atoms with E-state index in [1.807, 2.05) is 0 Å². The Kier molecular flexibility index (Phi) is 5.01. The van der Waals surface area contributed by atoms with Gasteiger partial charge in [0.25, 0.3) is 0 Å². The van der Waals surface area contributed by atoms with Gasteiger partial charge in [-0.2, -0.15) is 0 Å². The fourth-order valence-electron chi connectivity index (χ4n) is 3.61. The van der Waals surface area contributed by atoms with E-state index < -0.39 is 0 Å². The lowest BCUT2D eigenvalue weighted by Crippen LogP contribution is -2.42. The molecule has 2 heterocycles. The molecule has 4 heteroatoms. The molecule has 1 amide bonds. The van der Waals surface area contributed by atoms with E-state index in [2.05, 4.69) is 53.9 Å². The molecule has 3 rings (SSSR count). The van der Waals surface area contributed by atoms with Gasteiger partial charge in [-0.25, -0.2) is 0 Å². The van der Waals surface area contributed by atoms with Gasteiger partial charge in [-0.3, -0.25) is 4.79 Å². The van der Waals surface area contributed by atoms with E-state index in [1.165, 1.54) is 22.0 Å². The van der Waals surface area contributed by atoms with Crippen molar-refractivity contribution < 1.29 is 4.79 Å². The summed E-state index contributed by atoms with van der Waals surface area (Å²) in [6.45, 7) is 5.98. The number of carbonyl (C=O) groups is 1. The summed E-state index contributed by atoms with van der Waals surface area (Å²) >= 11 is 0. The maximum atomic E-state index is 12.3. The molecule has 1 aromatic carbocycles. The van der Waals surface area contributed by atoms with Crippen molar-refractivity contribution in [3.63, 3.8) is 0 Å². The van der Waals surface area contributed by atoms with Crippen molar-refractivity contribution in [1.29, 1.82) is 0 Å². The Hall–Kier alpha value is -1.81. The molecule has 0 radical (unpaired) electrons. The Bertz CT molecular complexity index is 676. The van der Waals surface area contributed by atoms with Gasteiger partial charge in [-0.05, 0) is 50.3 Å². The minimum atomic E-state index is 0.168. The standard InChI is InChI=1S/C19H27N3O/c1-3-14-5-4-6-17-16(12-22-18(14)17)8-10-21-19(23)15-7-9-20-13(2)11-15/h4-6,12-13,15,20,22H,3,7-11H2,1-2H3,(H,21,23)/t13-,15-/m0/s1. The molecule has 2 atom stereocenters. The smallest absolute Gasteiger partial charge is 0.223 e. The zero-order chi connectivity index (χ0) is 16.2. The van der Waals surface area contributed by atoms with Crippen molar-refractivity contribution >= 4 is 16.8 Å². The van der Waals surface area contributed by atoms with Crippen molar-refractivity contribution in [2.24, 2.45) is 5.92 Å². The van der Waals surface area contributed by atoms with E-state index in [0.717, 1.165) is 32.2 Å². The van der Waals surface area contributed by atoms with Gasteiger partial charge < -0.3 is 15.6 Å². The number of benzene rings is 1. The Morgan fingerprint density at radius 2 is 2.22 bits per heavy atom. The van der Waals surface area contributed by atoms with Crippen LogP contribution in [0.1, 0.15) is 37.8 Å². The van der Waals surface area contributed by atoms with Crippen molar-refractivity contribution in [1.82, 2.24) is 15.6 Å². The molecule has 1 aliphatic rings. The minimum absolute atomic E-state index is 0.168. The Labute approximate surface area is 138 Å². The topological polar surface area (TPSA) is 56.9 Å².